The number of amides is 12. The number of carboxylic acids is 3. The summed E-state index contributed by atoms with van der Waals surface area (Å²) in [6.07, 6.45) is -1.50. The summed E-state index contributed by atoms with van der Waals surface area (Å²) >= 11 is 0. The Balaban J connectivity index is 1.87. The van der Waals surface area contributed by atoms with E-state index in [0.717, 1.165) is 0 Å². The maximum Gasteiger partial charge on any atom is 0.325 e. The van der Waals surface area contributed by atoms with Crippen molar-refractivity contribution in [1.29, 1.82) is 0 Å². The number of aliphatic carboxylic acids is 3. The molecule has 37 heteroatoms. The molecular formula is C63H95N17O20. The van der Waals surface area contributed by atoms with Crippen molar-refractivity contribution >= 4 is 99.7 Å². The number of para-hydroxylation sites is 1. The van der Waals surface area contributed by atoms with Gasteiger partial charge >= 0.3 is 17.9 Å². The van der Waals surface area contributed by atoms with Gasteiger partial charge in [-0.1, -0.05) is 82.6 Å². The number of hydrogen-bond acceptors (Lipinski definition) is 21. The quantitative estimate of drug-likeness (QED) is 0.0250. The summed E-state index contributed by atoms with van der Waals surface area (Å²) in [5.41, 5.74) is 24.5. The van der Waals surface area contributed by atoms with Crippen molar-refractivity contribution in [3.05, 3.63) is 71.9 Å². The zero-order valence-electron chi connectivity index (χ0n) is 56.1. The zero-order chi connectivity index (χ0) is 74.9. The first-order valence-electron chi connectivity index (χ1n) is 32.3. The molecule has 0 unspecified atom stereocenters. The summed E-state index contributed by atoms with van der Waals surface area (Å²) in [5, 5.41) is 78.3. The molecule has 0 saturated heterocycles. The average molecular weight is 1410 g/mol. The summed E-state index contributed by atoms with van der Waals surface area (Å²) in [6.45, 7) is 3.98. The molecule has 0 spiro atoms. The first-order valence-corrected chi connectivity index (χ1v) is 32.3. The third-order valence-corrected chi connectivity index (χ3v) is 15.8. The number of benzene rings is 2. The van der Waals surface area contributed by atoms with E-state index in [0.29, 0.717) is 28.5 Å². The van der Waals surface area contributed by atoms with Gasteiger partial charge in [-0.05, 0) is 81.3 Å². The van der Waals surface area contributed by atoms with Gasteiger partial charge in [0.2, 0.25) is 70.9 Å². The summed E-state index contributed by atoms with van der Waals surface area (Å²) in [7, 11) is 0. The number of H-pyrrole nitrogens is 1. The van der Waals surface area contributed by atoms with Crippen LogP contribution in [-0.2, 0) is 84.8 Å². The fourth-order valence-corrected chi connectivity index (χ4v) is 9.85. The van der Waals surface area contributed by atoms with Gasteiger partial charge in [0.15, 0.2) is 0 Å². The van der Waals surface area contributed by atoms with E-state index in [1.54, 1.807) is 82.3 Å². The molecule has 12 amide bonds. The van der Waals surface area contributed by atoms with Crippen LogP contribution in [0, 0.1) is 11.8 Å². The average Bonchev–Trinajstić information content (AvgIpc) is 1.58. The van der Waals surface area contributed by atoms with Crippen LogP contribution < -0.4 is 86.7 Å². The Hall–Kier alpha value is -10.2. The van der Waals surface area contributed by atoms with Crippen LogP contribution in [0.2, 0.25) is 0 Å². The normalized spacial score (nSPS) is 15.0. The van der Waals surface area contributed by atoms with Gasteiger partial charge in [-0.15, -0.1) is 0 Å². The maximum atomic E-state index is 14.5. The highest BCUT2D eigenvalue weighted by Crippen LogP contribution is 2.20. The fraction of sp³-hybridized carbons (Fsp3) is 0.540. The number of hydrogen-bond donors (Lipinski definition) is 22. The molecule has 2 aromatic carbocycles. The van der Waals surface area contributed by atoms with E-state index < -0.39 is 212 Å². The summed E-state index contributed by atoms with van der Waals surface area (Å²) in [6, 6.07) is -3.75. The van der Waals surface area contributed by atoms with Crippen molar-refractivity contribution in [2.75, 3.05) is 39.4 Å². The van der Waals surface area contributed by atoms with Crippen molar-refractivity contribution in [3.8, 4) is 0 Å². The Morgan fingerprint density at radius 3 is 1.39 bits per heavy atom. The number of aromatic nitrogens is 1. The topological polar surface area (TPSA) is 621 Å². The van der Waals surface area contributed by atoms with Crippen LogP contribution >= 0.6 is 0 Å². The molecule has 0 aliphatic rings. The number of carboxylic acid groups (broad SMARTS) is 3. The third kappa shape index (κ3) is 27.6. The largest absolute Gasteiger partial charge is 0.481 e. The molecule has 13 atom stereocenters. The minimum Gasteiger partial charge on any atom is -0.481 e. The van der Waals surface area contributed by atoms with Gasteiger partial charge in [-0.2, -0.15) is 0 Å². The molecule has 0 bridgehead atoms. The number of aliphatic hydroxyl groups is 2. The molecule has 0 aliphatic heterocycles. The van der Waals surface area contributed by atoms with Gasteiger partial charge in [-0.3, -0.25) is 71.9 Å². The lowest BCUT2D eigenvalue weighted by molar-refractivity contribution is -0.142. The van der Waals surface area contributed by atoms with Crippen LogP contribution in [0.1, 0.15) is 90.7 Å². The monoisotopic (exact) mass is 1410 g/mol. The molecular weight excluding hydrogens is 1310 g/mol. The number of nitrogens with one attached hydrogen (secondary N) is 13. The minimum atomic E-state index is -1.88. The molecule has 0 aliphatic carbocycles. The van der Waals surface area contributed by atoms with Gasteiger partial charge < -0.3 is 117 Å². The Morgan fingerprint density at radius 2 is 0.890 bits per heavy atom. The summed E-state index contributed by atoms with van der Waals surface area (Å²) < 4.78 is 0. The molecule has 1 aromatic heterocycles. The number of rotatable bonds is 45. The van der Waals surface area contributed by atoms with Gasteiger partial charge in [0, 0.05) is 36.4 Å². The van der Waals surface area contributed by atoms with Crippen molar-refractivity contribution in [2.24, 2.45) is 34.8 Å². The van der Waals surface area contributed by atoms with E-state index in [4.69, 9.17) is 28.0 Å². The molecule has 100 heavy (non-hydrogen) atoms. The van der Waals surface area contributed by atoms with Crippen LogP contribution in [0.5, 0.6) is 0 Å². The Bertz CT molecular complexity index is 3320. The van der Waals surface area contributed by atoms with Crippen molar-refractivity contribution in [2.45, 2.75) is 165 Å². The van der Waals surface area contributed by atoms with E-state index >= 15 is 0 Å². The van der Waals surface area contributed by atoms with Crippen LogP contribution in [0.25, 0.3) is 10.9 Å². The molecule has 0 fully saturated rings. The number of carbonyl (C=O) groups is 15. The highest BCUT2D eigenvalue weighted by atomic mass is 16.4. The first-order chi connectivity index (χ1) is 47.3. The second kappa shape index (κ2) is 42.6. The molecule has 552 valence electrons. The lowest BCUT2D eigenvalue weighted by atomic mass is 9.96. The van der Waals surface area contributed by atoms with E-state index in [9.17, 15) is 92.3 Å². The second-order valence-electron chi connectivity index (χ2n) is 23.9. The first kappa shape index (κ1) is 84.0. The fourth-order valence-electron chi connectivity index (χ4n) is 9.85. The Kier molecular flexibility index (Phi) is 35.8. The number of aliphatic hydroxyl groups excluding tert-OH is 2. The Morgan fingerprint density at radius 1 is 0.460 bits per heavy atom. The van der Waals surface area contributed by atoms with Gasteiger partial charge in [0.05, 0.1) is 32.2 Å². The minimum absolute atomic E-state index is 0.143. The van der Waals surface area contributed by atoms with Gasteiger partial charge in [-0.25, -0.2) is 0 Å². The lowest BCUT2D eigenvalue weighted by Crippen LogP contribution is -2.62. The highest BCUT2D eigenvalue weighted by Gasteiger charge is 2.38. The number of fused-ring (bicyclic) bond motifs is 1. The smallest absolute Gasteiger partial charge is 0.325 e. The lowest BCUT2D eigenvalue weighted by Gasteiger charge is -2.30. The molecule has 1 heterocycles. The molecule has 3 aromatic rings. The number of carbonyl (C=O) groups excluding carboxylic acids is 12. The maximum absolute atomic E-state index is 14.5. The van der Waals surface area contributed by atoms with Crippen LogP contribution in [0.3, 0.4) is 0 Å². The summed E-state index contributed by atoms with van der Waals surface area (Å²) in [4.78, 5) is 202. The SMILES string of the molecule is CC[C@H](C)[C@@H](NC(=O)[C@@H](NC(=O)[C@H](CCC(=O)O)NC(=O)[C@H](Cc1ccccc1)NC(=O)[C@@H](CCN)NC(=O)[C@H](CCN)NC(=O)[C@H](CO)NC(=O)[C@@H](Cc1c[nH]c2ccccc12)NC(=O)[C@@H](CO)NC(=O)CNC(=O)[C@@H](CCN)NC(=O)[C@H](N)CC(=O)O)C(C)C)C(=O)N[C@@H](C)C(=O)O. The molecule has 0 saturated carbocycles. The van der Waals surface area contributed by atoms with Crippen molar-refractivity contribution < 1.29 is 97.5 Å². The molecule has 0 radical (unpaired) electrons. The Labute approximate surface area is 575 Å². The predicted molar refractivity (Wildman–Crippen MR) is 356 cm³/mol. The van der Waals surface area contributed by atoms with E-state index in [-0.39, 0.29) is 51.7 Å². The number of nitrogens with two attached hydrogens (primary N) is 4. The van der Waals surface area contributed by atoms with Crippen molar-refractivity contribution in [3.63, 3.8) is 0 Å². The van der Waals surface area contributed by atoms with Crippen LogP contribution in [-0.4, -0.2) is 231 Å². The van der Waals surface area contributed by atoms with Gasteiger partial charge in [0.25, 0.3) is 0 Å². The number of aromatic amines is 1. The predicted octanol–water partition coefficient (Wildman–Crippen LogP) is -7.09. The van der Waals surface area contributed by atoms with Crippen molar-refractivity contribution in [1.82, 2.24) is 68.8 Å². The second-order valence-corrected chi connectivity index (χ2v) is 23.9. The highest BCUT2D eigenvalue weighted by molar-refractivity contribution is 6.00. The van der Waals surface area contributed by atoms with E-state index in [2.05, 4.69) is 68.8 Å². The molecule has 26 N–H and O–H groups in total. The van der Waals surface area contributed by atoms with E-state index in [1.165, 1.54) is 13.1 Å². The summed E-state index contributed by atoms with van der Waals surface area (Å²) in [5.74, 6) is -17.6. The zero-order valence-corrected chi connectivity index (χ0v) is 56.1. The van der Waals surface area contributed by atoms with Crippen LogP contribution in [0.4, 0.5) is 0 Å². The van der Waals surface area contributed by atoms with E-state index in [1.807, 2.05) is 0 Å². The van der Waals surface area contributed by atoms with Crippen LogP contribution in [0.15, 0.2) is 60.8 Å². The molecule has 37 nitrogen and oxygen atoms in total. The standard InChI is InChI=1S/C63H95N17O20/c1-6-32(4)51(62(98)70-33(5)63(99)100)80-61(97)50(31(2)3)79-56(92)39(16-17-48(84)85)73-57(93)43(24-34-12-8-7-9-13-34)76-55(91)42(20-23-66)74-54(90)41(19-22-65)75-60(96)46(30-82)78-58(94)44(25-35-27-68-38-15-11-10-14-36(35)38)77-59(95)45(29-81)71-47(83)28-69-53(89)40(18-21-64)72-52(88)37(67)26-49(86)87/h7-15,27,31-33,37,39-46,50-51,68,81-82H,6,16-26,28-30,64-67H2,1-5H3,(H,69,89)(H,70,98)(H,71,83)(H,72,88)(H,73,93)(H,74,90)(H,75,96)(H,76,91)(H,77,95)(H,78,94)(H,79,92)(H,80,97)(H,84,85)(H,86,87)(H,99,100)/t32-,33-,37+,39-,40+,41-,42+,43-,44+,45+,46-,50-,51+/m0/s1. The third-order valence-electron chi connectivity index (χ3n) is 15.8. The van der Waals surface area contributed by atoms with Gasteiger partial charge in [0.1, 0.15) is 66.5 Å². The molecule has 3 rings (SSSR count).